The lowest BCUT2D eigenvalue weighted by Crippen LogP contribution is -2.07. The zero-order valence-electron chi connectivity index (χ0n) is 9.64. The molecule has 0 amide bonds. The molecule has 5 heteroatoms. The maximum absolute atomic E-state index is 11.9. The molecule has 0 aliphatic rings. The summed E-state index contributed by atoms with van der Waals surface area (Å²) in [5.41, 5.74) is 2.85. The Morgan fingerprint density at radius 2 is 2.06 bits per heavy atom. The van der Waals surface area contributed by atoms with Gasteiger partial charge in [0.1, 0.15) is 4.70 Å². The van der Waals surface area contributed by atoms with Gasteiger partial charge in [0.2, 0.25) is 0 Å². The molecule has 0 fully saturated rings. The predicted octanol–water partition coefficient (Wildman–Crippen LogP) is 3.37. The van der Waals surface area contributed by atoms with Crippen LogP contribution in [-0.2, 0) is 0 Å². The first-order valence-corrected chi connectivity index (χ1v) is 7.51. The SMILES string of the molecule is CSc1nc2c(-c3ccccc3)csc2c(=O)[nH]1. The summed E-state index contributed by atoms with van der Waals surface area (Å²) in [6.07, 6.45) is 1.90. The van der Waals surface area contributed by atoms with Crippen LogP contribution >= 0.6 is 23.1 Å². The Morgan fingerprint density at radius 3 is 2.78 bits per heavy atom. The Labute approximate surface area is 112 Å². The van der Waals surface area contributed by atoms with Crippen LogP contribution in [0.25, 0.3) is 21.3 Å². The molecule has 0 atom stereocenters. The van der Waals surface area contributed by atoms with E-state index in [4.69, 9.17) is 0 Å². The molecule has 0 aliphatic carbocycles. The molecule has 0 radical (unpaired) electrons. The van der Waals surface area contributed by atoms with E-state index >= 15 is 0 Å². The molecule has 0 saturated heterocycles. The van der Waals surface area contributed by atoms with Gasteiger partial charge in [0.15, 0.2) is 5.16 Å². The van der Waals surface area contributed by atoms with Crippen LogP contribution in [0.3, 0.4) is 0 Å². The van der Waals surface area contributed by atoms with Gasteiger partial charge in [-0.15, -0.1) is 11.3 Å². The zero-order chi connectivity index (χ0) is 12.5. The van der Waals surface area contributed by atoms with E-state index in [1.165, 1.54) is 23.1 Å². The lowest BCUT2D eigenvalue weighted by molar-refractivity contribution is 0.982. The van der Waals surface area contributed by atoms with E-state index in [0.29, 0.717) is 9.86 Å². The van der Waals surface area contributed by atoms with Crippen LogP contribution in [0.5, 0.6) is 0 Å². The van der Waals surface area contributed by atoms with Gasteiger partial charge >= 0.3 is 0 Å². The van der Waals surface area contributed by atoms with E-state index in [1.807, 2.05) is 42.0 Å². The second-order valence-electron chi connectivity index (χ2n) is 3.77. The minimum absolute atomic E-state index is 0.0588. The van der Waals surface area contributed by atoms with Crippen molar-refractivity contribution in [2.24, 2.45) is 0 Å². The number of hydrogen-bond donors (Lipinski definition) is 1. The Morgan fingerprint density at radius 1 is 1.28 bits per heavy atom. The fourth-order valence-corrected chi connectivity index (χ4v) is 3.11. The highest BCUT2D eigenvalue weighted by molar-refractivity contribution is 7.98. The molecule has 0 spiro atoms. The molecular weight excluding hydrogens is 264 g/mol. The van der Waals surface area contributed by atoms with Gasteiger partial charge in [0.25, 0.3) is 5.56 Å². The molecule has 0 unspecified atom stereocenters. The van der Waals surface area contributed by atoms with E-state index in [1.54, 1.807) is 0 Å². The van der Waals surface area contributed by atoms with Crippen molar-refractivity contribution in [2.75, 3.05) is 6.26 Å². The molecule has 2 aromatic heterocycles. The van der Waals surface area contributed by atoms with Gasteiger partial charge in [-0.3, -0.25) is 4.79 Å². The molecular formula is C13H10N2OS2. The van der Waals surface area contributed by atoms with Crippen molar-refractivity contribution in [3.8, 4) is 11.1 Å². The van der Waals surface area contributed by atoms with Gasteiger partial charge in [-0.1, -0.05) is 42.1 Å². The summed E-state index contributed by atoms with van der Waals surface area (Å²) in [5, 5.41) is 2.65. The third-order valence-electron chi connectivity index (χ3n) is 2.68. The summed E-state index contributed by atoms with van der Waals surface area (Å²) in [6, 6.07) is 10.0. The number of nitrogens with one attached hydrogen (secondary N) is 1. The third-order valence-corrected chi connectivity index (χ3v) is 4.23. The van der Waals surface area contributed by atoms with Crippen molar-refractivity contribution in [3.05, 3.63) is 46.1 Å². The lowest BCUT2D eigenvalue weighted by atomic mass is 10.1. The number of thioether (sulfide) groups is 1. The van der Waals surface area contributed by atoms with Gasteiger partial charge in [0.05, 0.1) is 5.52 Å². The maximum atomic E-state index is 11.9. The minimum Gasteiger partial charge on any atom is -0.300 e. The molecule has 3 nitrogen and oxygen atoms in total. The number of fused-ring (bicyclic) bond motifs is 1. The predicted molar refractivity (Wildman–Crippen MR) is 77.5 cm³/mol. The number of aromatic amines is 1. The smallest absolute Gasteiger partial charge is 0.269 e. The fraction of sp³-hybridized carbons (Fsp3) is 0.0769. The molecule has 2 heterocycles. The van der Waals surface area contributed by atoms with Crippen LogP contribution in [0, 0.1) is 0 Å². The van der Waals surface area contributed by atoms with Crippen LogP contribution in [-0.4, -0.2) is 16.2 Å². The highest BCUT2D eigenvalue weighted by Crippen LogP contribution is 2.31. The first-order chi connectivity index (χ1) is 8.79. The molecule has 1 N–H and O–H groups in total. The molecule has 1 aromatic carbocycles. The number of nitrogens with zero attached hydrogens (tertiary/aromatic N) is 1. The summed E-state index contributed by atoms with van der Waals surface area (Å²) in [6.45, 7) is 0. The van der Waals surface area contributed by atoms with Gasteiger partial charge in [-0.25, -0.2) is 4.98 Å². The fourth-order valence-electron chi connectivity index (χ4n) is 1.83. The Bertz CT molecular complexity index is 747. The topological polar surface area (TPSA) is 45.8 Å². The molecule has 0 bridgehead atoms. The van der Waals surface area contributed by atoms with Gasteiger partial charge in [-0.2, -0.15) is 0 Å². The van der Waals surface area contributed by atoms with E-state index in [0.717, 1.165) is 16.6 Å². The summed E-state index contributed by atoms with van der Waals surface area (Å²) < 4.78 is 0.687. The average Bonchev–Trinajstić information content (AvgIpc) is 2.84. The zero-order valence-corrected chi connectivity index (χ0v) is 11.3. The number of aromatic nitrogens is 2. The monoisotopic (exact) mass is 274 g/mol. The number of rotatable bonds is 2. The van der Waals surface area contributed by atoms with Gasteiger partial charge in [-0.05, 0) is 11.8 Å². The highest BCUT2D eigenvalue weighted by atomic mass is 32.2. The van der Waals surface area contributed by atoms with E-state index in [-0.39, 0.29) is 5.56 Å². The summed E-state index contributed by atoms with van der Waals surface area (Å²) >= 11 is 2.88. The van der Waals surface area contributed by atoms with Crippen molar-refractivity contribution in [3.63, 3.8) is 0 Å². The van der Waals surface area contributed by atoms with Crippen LogP contribution in [0.1, 0.15) is 0 Å². The minimum atomic E-state index is -0.0588. The quantitative estimate of drug-likeness (QED) is 0.575. The van der Waals surface area contributed by atoms with Crippen molar-refractivity contribution in [1.29, 1.82) is 0 Å². The molecule has 90 valence electrons. The van der Waals surface area contributed by atoms with Crippen molar-refractivity contribution >= 4 is 33.3 Å². The number of hydrogen-bond acceptors (Lipinski definition) is 4. The number of thiophene rings is 1. The third kappa shape index (κ3) is 1.85. The number of H-pyrrole nitrogens is 1. The molecule has 3 aromatic rings. The van der Waals surface area contributed by atoms with E-state index < -0.39 is 0 Å². The second-order valence-corrected chi connectivity index (χ2v) is 5.44. The van der Waals surface area contributed by atoms with Crippen LogP contribution < -0.4 is 5.56 Å². The number of benzene rings is 1. The average molecular weight is 274 g/mol. The van der Waals surface area contributed by atoms with E-state index in [9.17, 15) is 4.79 Å². The van der Waals surface area contributed by atoms with Gasteiger partial charge < -0.3 is 4.98 Å². The largest absolute Gasteiger partial charge is 0.300 e. The van der Waals surface area contributed by atoms with Crippen LogP contribution in [0.15, 0.2) is 45.7 Å². The summed E-state index contributed by atoms with van der Waals surface area (Å²) in [4.78, 5) is 19.2. The Hall–Kier alpha value is -1.59. The highest BCUT2D eigenvalue weighted by Gasteiger charge is 2.11. The summed E-state index contributed by atoms with van der Waals surface area (Å²) in [7, 11) is 0. The van der Waals surface area contributed by atoms with Crippen LogP contribution in [0.4, 0.5) is 0 Å². The Kier molecular flexibility index (Phi) is 2.93. The van der Waals surface area contributed by atoms with E-state index in [2.05, 4.69) is 9.97 Å². The van der Waals surface area contributed by atoms with Crippen LogP contribution in [0.2, 0.25) is 0 Å². The normalized spacial score (nSPS) is 10.9. The standard InChI is InChI=1S/C13H10N2OS2/c1-17-13-14-10-9(8-5-3-2-4-6-8)7-18-11(10)12(16)15-13/h2-7H,1H3,(H,14,15,16). The molecule has 18 heavy (non-hydrogen) atoms. The molecule has 0 aliphatic heterocycles. The van der Waals surface area contributed by atoms with Gasteiger partial charge in [0, 0.05) is 10.9 Å². The maximum Gasteiger partial charge on any atom is 0.269 e. The Balaban J connectivity index is 2.32. The lowest BCUT2D eigenvalue weighted by Gasteiger charge is -2.00. The molecule has 0 saturated carbocycles. The van der Waals surface area contributed by atoms with Crippen molar-refractivity contribution in [2.45, 2.75) is 5.16 Å². The van der Waals surface area contributed by atoms with Crippen molar-refractivity contribution in [1.82, 2.24) is 9.97 Å². The first kappa shape index (κ1) is 11.5. The second kappa shape index (κ2) is 4.59. The first-order valence-electron chi connectivity index (χ1n) is 5.40. The summed E-state index contributed by atoms with van der Waals surface area (Å²) in [5.74, 6) is 0. The van der Waals surface area contributed by atoms with Crippen molar-refractivity contribution < 1.29 is 0 Å². The molecule has 3 rings (SSSR count).